The molecule has 0 amide bonds. The van der Waals surface area contributed by atoms with E-state index in [1.165, 1.54) is 6.07 Å². The molecule has 2 N–H and O–H groups in total. The maximum absolute atomic E-state index is 13.3. The molecule has 1 unspecified atom stereocenters. The lowest BCUT2D eigenvalue weighted by Crippen LogP contribution is -2.12. The molecule has 2 heterocycles. The van der Waals surface area contributed by atoms with Crippen molar-refractivity contribution in [2.24, 2.45) is 5.73 Å². The van der Waals surface area contributed by atoms with Gasteiger partial charge in [0.2, 0.25) is 0 Å². The van der Waals surface area contributed by atoms with Gasteiger partial charge in [0.15, 0.2) is 0 Å². The quantitative estimate of drug-likeness (QED) is 0.765. The maximum atomic E-state index is 13.3. The van der Waals surface area contributed by atoms with E-state index in [2.05, 4.69) is 10.1 Å². The number of nitrogens with zero attached hydrogens (tertiary/aromatic N) is 3. The maximum Gasteiger partial charge on any atom is 0.126 e. The van der Waals surface area contributed by atoms with E-state index in [9.17, 15) is 4.39 Å². The number of aromatic nitrogens is 3. The van der Waals surface area contributed by atoms with Gasteiger partial charge in [-0.15, -0.1) is 0 Å². The molecule has 0 aliphatic heterocycles. The van der Waals surface area contributed by atoms with E-state index in [1.54, 1.807) is 48.4 Å². The number of rotatable bonds is 2. The fraction of sp³-hybridized carbons (Fsp3) is 0.143. The minimum atomic E-state index is -0.346. The van der Waals surface area contributed by atoms with Gasteiger partial charge < -0.3 is 5.73 Å². The van der Waals surface area contributed by atoms with Crippen molar-refractivity contribution in [2.75, 3.05) is 0 Å². The van der Waals surface area contributed by atoms with Gasteiger partial charge >= 0.3 is 0 Å². The van der Waals surface area contributed by atoms with E-state index in [1.807, 2.05) is 0 Å². The predicted octanol–water partition coefficient (Wildman–Crippen LogP) is 2.22. The average molecular weight is 256 g/mol. The SMILES string of the molecule is Cc1cc(C(N)c2cnn3ccncc23)ccc1F. The summed E-state index contributed by atoms with van der Waals surface area (Å²) in [7, 11) is 0. The van der Waals surface area contributed by atoms with Crippen molar-refractivity contribution in [3.8, 4) is 0 Å². The Hall–Kier alpha value is -2.27. The number of hydrogen-bond acceptors (Lipinski definition) is 3. The van der Waals surface area contributed by atoms with Crippen LogP contribution in [0.15, 0.2) is 43.0 Å². The smallest absolute Gasteiger partial charge is 0.126 e. The van der Waals surface area contributed by atoms with Gasteiger partial charge in [0.1, 0.15) is 5.82 Å². The highest BCUT2D eigenvalue weighted by molar-refractivity contribution is 5.55. The Morgan fingerprint density at radius 2 is 2.16 bits per heavy atom. The van der Waals surface area contributed by atoms with Gasteiger partial charge in [-0.3, -0.25) is 4.98 Å². The summed E-state index contributed by atoms with van der Waals surface area (Å²) in [6, 6.07) is 4.56. The Morgan fingerprint density at radius 1 is 1.32 bits per heavy atom. The first-order valence-electron chi connectivity index (χ1n) is 5.95. The molecule has 1 atom stereocenters. The molecular weight excluding hydrogens is 243 g/mol. The third-order valence-electron chi connectivity index (χ3n) is 3.23. The van der Waals surface area contributed by atoms with Crippen LogP contribution in [-0.4, -0.2) is 14.6 Å². The average Bonchev–Trinajstić information content (AvgIpc) is 2.85. The van der Waals surface area contributed by atoms with Crippen LogP contribution in [0.1, 0.15) is 22.7 Å². The molecule has 5 heteroatoms. The van der Waals surface area contributed by atoms with Gasteiger partial charge in [-0.1, -0.05) is 12.1 Å². The Morgan fingerprint density at radius 3 is 2.95 bits per heavy atom. The van der Waals surface area contributed by atoms with Crippen molar-refractivity contribution in [1.82, 2.24) is 14.6 Å². The van der Waals surface area contributed by atoms with Crippen molar-refractivity contribution >= 4 is 5.52 Å². The number of aryl methyl sites for hydroxylation is 1. The first kappa shape index (κ1) is 11.8. The van der Waals surface area contributed by atoms with E-state index in [-0.39, 0.29) is 11.9 Å². The van der Waals surface area contributed by atoms with Gasteiger partial charge in [0.25, 0.3) is 0 Å². The van der Waals surface area contributed by atoms with Gasteiger partial charge in [-0.05, 0) is 24.1 Å². The highest BCUT2D eigenvalue weighted by atomic mass is 19.1. The molecule has 0 radical (unpaired) electrons. The molecule has 2 aromatic heterocycles. The second-order valence-corrected chi connectivity index (χ2v) is 4.49. The fourth-order valence-electron chi connectivity index (χ4n) is 2.13. The molecule has 0 spiro atoms. The fourth-order valence-corrected chi connectivity index (χ4v) is 2.13. The molecule has 3 rings (SSSR count). The molecule has 1 aromatic carbocycles. The third-order valence-corrected chi connectivity index (χ3v) is 3.23. The number of fused-ring (bicyclic) bond motifs is 1. The van der Waals surface area contributed by atoms with E-state index in [0.717, 1.165) is 16.6 Å². The number of benzene rings is 1. The minimum absolute atomic E-state index is 0.225. The van der Waals surface area contributed by atoms with Crippen LogP contribution in [0.3, 0.4) is 0 Å². The summed E-state index contributed by atoms with van der Waals surface area (Å²) in [6.07, 6.45) is 6.87. The van der Waals surface area contributed by atoms with Crippen molar-refractivity contribution in [1.29, 1.82) is 0 Å². The van der Waals surface area contributed by atoms with E-state index in [4.69, 9.17) is 5.73 Å². The molecular formula is C14H13FN4. The van der Waals surface area contributed by atoms with Gasteiger partial charge in [-0.25, -0.2) is 8.91 Å². The van der Waals surface area contributed by atoms with Gasteiger partial charge in [-0.2, -0.15) is 5.10 Å². The highest BCUT2D eigenvalue weighted by Gasteiger charge is 2.15. The number of hydrogen-bond donors (Lipinski definition) is 1. The zero-order valence-electron chi connectivity index (χ0n) is 10.4. The van der Waals surface area contributed by atoms with Gasteiger partial charge in [0.05, 0.1) is 24.0 Å². The standard InChI is InChI=1S/C14H13FN4/c1-9-6-10(2-3-12(9)15)14(16)11-7-18-19-5-4-17-8-13(11)19/h2-8,14H,16H2,1H3. The zero-order chi connectivity index (χ0) is 13.4. The van der Waals surface area contributed by atoms with Crippen molar-refractivity contribution < 1.29 is 4.39 Å². The van der Waals surface area contributed by atoms with Crippen LogP contribution in [0.2, 0.25) is 0 Å². The number of halogens is 1. The largest absolute Gasteiger partial charge is 0.320 e. The first-order chi connectivity index (χ1) is 9.16. The molecule has 0 fully saturated rings. The Labute approximate surface area is 109 Å². The van der Waals surface area contributed by atoms with Crippen LogP contribution in [-0.2, 0) is 0 Å². The summed E-state index contributed by atoms with van der Waals surface area (Å²) in [5, 5.41) is 4.23. The normalized spacial score (nSPS) is 12.8. The molecule has 3 aromatic rings. The summed E-state index contributed by atoms with van der Waals surface area (Å²) in [6.45, 7) is 1.73. The highest BCUT2D eigenvalue weighted by Crippen LogP contribution is 2.24. The minimum Gasteiger partial charge on any atom is -0.320 e. The summed E-state index contributed by atoms with van der Waals surface area (Å²) in [4.78, 5) is 4.08. The summed E-state index contributed by atoms with van der Waals surface area (Å²) in [5.41, 5.74) is 9.42. The van der Waals surface area contributed by atoms with Crippen LogP contribution in [0, 0.1) is 12.7 Å². The van der Waals surface area contributed by atoms with Crippen LogP contribution in [0.5, 0.6) is 0 Å². The van der Waals surface area contributed by atoms with E-state index in [0.29, 0.717) is 5.56 Å². The predicted molar refractivity (Wildman–Crippen MR) is 70.2 cm³/mol. The van der Waals surface area contributed by atoms with E-state index < -0.39 is 0 Å². The molecule has 0 saturated heterocycles. The summed E-state index contributed by atoms with van der Waals surface area (Å²) < 4.78 is 15.0. The molecule has 4 nitrogen and oxygen atoms in total. The summed E-state index contributed by atoms with van der Waals surface area (Å²) >= 11 is 0. The molecule has 19 heavy (non-hydrogen) atoms. The van der Waals surface area contributed by atoms with Crippen molar-refractivity contribution in [2.45, 2.75) is 13.0 Å². The Kier molecular flexibility index (Phi) is 2.76. The van der Waals surface area contributed by atoms with E-state index >= 15 is 0 Å². The monoisotopic (exact) mass is 256 g/mol. The molecule has 0 aliphatic carbocycles. The first-order valence-corrected chi connectivity index (χ1v) is 5.95. The van der Waals surface area contributed by atoms with Crippen LogP contribution in [0.25, 0.3) is 5.52 Å². The van der Waals surface area contributed by atoms with Crippen LogP contribution < -0.4 is 5.73 Å². The second kappa shape index (κ2) is 4.44. The van der Waals surface area contributed by atoms with Gasteiger partial charge in [0, 0.05) is 18.0 Å². The third kappa shape index (κ3) is 1.98. The second-order valence-electron chi connectivity index (χ2n) is 4.49. The van der Waals surface area contributed by atoms with Crippen LogP contribution in [0.4, 0.5) is 4.39 Å². The lowest BCUT2D eigenvalue weighted by atomic mass is 9.99. The van der Waals surface area contributed by atoms with Crippen molar-refractivity contribution in [3.63, 3.8) is 0 Å². The summed E-state index contributed by atoms with van der Waals surface area (Å²) in [5.74, 6) is -0.225. The lowest BCUT2D eigenvalue weighted by Gasteiger charge is -2.11. The lowest BCUT2D eigenvalue weighted by molar-refractivity contribution is 0.617. The molecule has 0 saturated carbocycles. The molecule has 96 valence electrons. The molecule has 0 bridgehead atoms. The van der Waals surface area contributed by atoms with Crippen molar-refractivity contribution in [3.05, 3.63) is 65.5 Å². The Bertz CT molecular complexity index is 735. The topological polar surface area (TPSA) is 56.2 Å². The zero-order valence-corrected chi connectivity index (χ0v) is 10.4. The Balaban J connectivity index is 2.08. The number of nitrogens with two attached hydrogens (primary N) is 1. The van der Waals surface area contributed by atoms with Crippen LogP contribution >= 0.6 is 0 Å². The molecule has 0 aliphatic rings.